The molecule has 0 saturated carbocycles. The van der Waals surface area contributed by atoms with E-state index in [1.54, 1.807) is 24.3 Å². The summed E-state index contributed by atoms with van der Waals surface area (Å²) in [7, 11) is 0. The Morgan fingerprint density at radius 3 is 2.10 bits per heavy atom. The number of aliphatic carboxylic acids is 1. The number of nitrogens with one attached hydrogen (secondary N) is 2. The van der Waals surface area contributed by atoms with Crippen LogP contribution in [0.4, 0.5) is 0 Å². The van der Waals surface area contributed by atoms with Crippen molar-refractivity contribution in [1.82, 2.24) is 10.6 Å². The van der Waals surface area contributed by atoms with Gasteiger partial charge in [0.2, 0.25) is 11.8 Å². The number of rotatable bonds is 9. The molecular formula is C22H23N3O4. The fourth-order valence-corrected chi connectivity index (χ4v) is 2.78. The van der Waals surface area contributed by atoms with Crippen LogP contribution in [0.1, 0.15) is 42.5 Å². The van der Waals surface area contributed by atoms with Gasteiger partial charge >= 0.3 is 5.97 Å². The average molecular weight is 393 g/mol. The molecule has 0 unspecified atom stereocenters. The molecule has 2 atom stereocenters. The number of carbonyl (C=O) groups excluding carboxylic acids is 2. The highest BCUT2D eigenvalue weighted by molar-refractivity contribution is 5.87. The Labute approximate surface area is 169 Å². The first kappa shape index (κ1) is 21.6. The van der Waals surface area contributed by atoms with Crippen LogP contribution in [-0.4, -0.2) is 28.9 Å². The van der Waals surface area contributed by atoms with Crippen molar-refractivity contribution >= 4 is 17.8 Å². The van der Waals surface area contributed by atoms with Crippen LogP contribution < -0.4 is 10.6 Å². The smallest absolute Gasteiger partial charge is 0.326 e. The van der Waals surface area contributed by atoms with Crippen LogP contribution in [0, 0.1) is 11.3 Å². The van der Waals surface area contributed by atoms with Crippen LogP contribution in [0.2, 0.25) is 0 Å². The number of benzene rings is 2. The van der Waals surface area contributed by atoms with Crippen molar-refractivity contribution in [2.24, 2.45) is 0 Å². The molecule has 0 radical (unpaired) electrons. The molecule has 0 aliphatic heterocycles. The van der Waals surface area contributed by atoms with E-state index in [9.17, 15) is 19.5 Å². The minimum absolute atomic E-state index is 0.0355. The molecule has 0 bridgehead atoms. The van der Waals surface area contributed by atoms with E-state index >= 15 is 0 Å². The van der Waals surface area contributed by atoms with Gasteiger partial charge in [-0.05, 0) is 30.2 Å². The molecular weight excluding hydrogens is 370 g/mol. The predicted octanol–water partition coefficient (Wildman–Crippen LogP) is 2.33. The molecule has 0 spiro atoms. The zero-order valence-corrected chi connectivity index (χ0v) is 16.1. The van der Waals surface area contributed by atoms with Gasteiger partial charge in [0.15, 0.2) is 0 Å². The first-order chi connectivity index (χ1) is 13.9. The fourth-order valence-electron chi connectivity index (χ4n) is 2.78. The third-order valence-electron chi connectivity index (χ3n) is 4.41. The molecule has 2 rings (SSSR count). The Bertz CT molecular complexity index is 889. The maximum atomic E-state index is 12.1. The van der Waals surface area contributed by atoms with Gasteiger partial charge in [0.05, 0.1) is 17.7 Å². The van der Waals surface area contributed by atoms with E-state index in [-0.39, 0.29) is 31.2 Å². The Hall–Kier alpha value is -3.66. The van der Waals surface area contributed by atoms with Gasteiger partial charge in [-0.15, -0.1) is 0 Å². The number of nitrogens with zero attached hydrogens (tertiary/aromatic N) is 1. The summed E-state index contributed by atoms with van der Waals surface area (Å²) in [4.78, 5) is 35.6. The quantitative estimate of drug-likeness (QED) is 0.604. The zero-order chi connectivity index (χ0) is 21.2. The largest absolute Gasteiger partial charge is 0.480 e. The highest BCUT2D eigenvalue weighted by atomic mass is 16.4. The summed E-state index contributed by atoms with van der Waals surface area (Å²) < 4.78 is 0. The summed E-state index contributed by atoms with van der Waals surface area (Å²) in [6.07, 6.45) is -0.0548. The van der Waals surface area contributed by atoms with Crippen LogP contribution in [0.3, 0.4) is 0 Å². The minimum Gasteiger partial charge on any atom is -0.480 e. The second kappa shape index (κ2) is 10.6. The first-order valence-electron chi connectivity index (χ1n) is 9.24. The summed E-state index contributed by atoms with van der Waals surface area (Å²) in [6, 6.07) is 16.6. The standard InChI is InChI=1S/C22H23N3O4/c1-15(18-5-3-2-4-6-18)24-20(26)11-12-21(27)25-19(22(28)29)13-16-7-9-17(14-23)10-8-16/h2-10,15,19H,11-13H2,1H3,(H,24,26)(H,25,27)(H,28,29)/t15-,19-/m1/s1. The zero-order valence-electron chi connectivity index (χ0n) is 16.1. The van der Waals surface area contributed by atoms with Crippen molar-refractivity contribution in [3.63, 3.8) is 0 Å². The SMILES string of the molecule is C[C@@H](NC(=O)CCC(=O)N[C@H](Cc1ccc(C#N)cc1)C(=O)O)c1ccccc1. The molecule has 150 valence electrons. The summed E-state index contributed by atoms with van der Waals surface area (Å²) >= 11 is 0. The van der Waals surface area contributed by atoms with Crippen molar-refractivity contribution in [2.45, 2.75) is 38.3 Å². The lowest BCUT2D eigenvalue weighted by Crippen LogP contribution is -2.42. The fraction of sp³-hybridized carbons (Fsp3) is 0.273. The van der Waals surface area contributed by atoms with E-state index in [1.807, 2.05) is 43.3 Å². The number of amides is 2. The maximum absolute atomic E-state index is 12.1. The lowest BCUT2D eigenvalue weighted by Gasteiger charge is -2.16. The molecule has 2 aromatic carbocycles. The molecule has 7 heteroatoms. The molecule has 0 fully saturated rings. The van der Waals surface area contributed by atoms with Gasteiger partial charge in [-0.3, -0.25) is 9.59 Å². The van der Waals surface area contributed by atoms with E-state index in [4.69, 9.17) is 5.26 Å². The number of carboxylic acid groups (broad SMARTS) is 1. The molecule has 0 aliphatic rings. The molecule has 0 aromatic heterocycles. The number of hydrogen-bond acceptors (Lipinski definition) is 4. The summed E-state index contributed by atoms with van der Waals surface area (Å²) in [5, 5.41) is 23.4. The molecule has 2 aromatic rings. The van der Waals surface area contributed by atoms with Gasteiger partial charge in [-0.25, -0.2) is 4.79 Å². The highest BCUT2D eigenvalue weighted by Crippen LogP contribution is 2.11. The van der Waals surface area contributed by atoms with Crippen molar-refractivity contribution < 1.29 is 19.5 Å². The molecule has 7 nitrogen and oxygen atoms in total. The van der Waals surface area contributed by atoms with Crippen LogP contribution in [-0.2, 0) is 20.8 Å². The van der Waals surface area contributed by atoms with Gasteiger partial charge in [-0.2, -0.15) is 5.26 Å². The van der Waals surface area contributed by atoms with Crippen molar-refractivity contribution in [2.75, 3.05) is 0 Å². The maximum Gasteiger partial charge on any atom is 0.326 e. The Morgan fingerprint density at radius 1 is 0.966 bits per heavy atom. The van der Waals surface area contributed by atoms with Gasteiger partial charge in [0.1, 0.15) is 6.04 Å². The Kier molecular flexibility index (Phi) is 7.92. The summed E-state index contributed by atoms with van der Waals surface area (Å²) in [6.45, 7) is 1.85. The number of hydrogen-bond donors (Lipinski definition) is 3. The third kappa shape index (κ3) is 7.11. The number of nitriles is 1. The normalized spacial score (nSPS) is 12.3. The minimum atomic E-state index is -1.16. The predicted molar refractivity (Wildman–Crippen MR) is 107 cm³/mol. The van der Waals surface area contributed by atoms with Crippen LogP contribution >= 0.6 is 0 Å². The highest BCUT2D eigenvalue weighted by Gasteiger charge is 2.21. The monoisotopic (exact) mass is 393 g/mol. The first-order valence-corrected chi connectivity index (χ1v) is 9.24. The number of carbonyl (C=O) groups is 3. The third-order valence-corrected chi connectivity index (χ3v) is 4.41. The topological polar surface area (TPSA) is 119 Å². The van der Waals surface area contributed by atoms with Crippen LogP contribution in [0.5, 0.6) is 0 Å². The average Bonchev–Trinajstić information content (AvgIpc) is 2.72. The lowest BCUT2D eigenvalue weighted by atomic mass is 10.0. The van der Waals surface area contributed by atoms with E-state index in [1.165, 1.54) is 0 Å². The van der Waals surface area contributed by atoms with E-state index in [0.29, 0.717) is 11.1 Å². The van der Waals surface area contributed by atoms with E-state index in [0.717, 1.165) is 5.56 Å². The van der Waals surface area contributed by atoms with Crippen LogP contribution in [0.15, 0.2) is 54.6 Å². The number of carboxylic acids is 1. The van der Waals surface area contributed by atoms with Crippen LogP contribution in [0.25, 0.3) is 0 Å². The molecule has 0 aliphatic carbocycles. The molecule has 0 saturated heterocycles. The molecule has 3 N–H and O–H groups in total. The van der Waals surface area contributed by atoms with Gasteiger partial charge in [0.25, 0.3) is 0 Å². The van der Waals surface area contributed by atoms with Crippen molar-refractivity contribution in [3.05, 3.63) is 71.3 Å². The molecule has 2 amide bonds. The van der Waals surface area contributed by atoms with Gasteiger partial charge in [-0.1, -0.05) is 42.5 Å². The van der Waals surface area contributed by atoms with Crippen molar-refractivity contribution in [3.8, 4) is 6.07 Å². The van der Waals surface area contributed by atoms with Gasteiger partial charge in [0, 0.05) is 19.3 Å². The Balaban J connectivity index is 1.82. The lowest BCUT2D eigenvalue weighted by molar-refractivity contribution is -0.141. The molecule has 29 heavy (non-hydrogen) atoms. The van der Waals surface area contributed by atoms with E-state index in [2.05, 4.69) is 10.6 Å². The second-order valence-electron chi connectivity index (χ2n) is 6.67. The molecule has 0 heterocycles. The van der Waals surface area contributed by atoms with E-state index < -0.39 is 17.9 Å². The summed E-state index contributed by atoms with van der Waals surface area (Å²) in [5.74, 6) is -1.95. The Morgan fingerprint density at radius 2 is 1.55 bits per heavy atom. The van der Waals surface area contributed by atoms with Gasteiger partial charge < -0.3 is 15.7 Å². The van der Waals surface area contributed by atoms with Crippen molar-refractivity contribution in [1.29, 1.82) is 5.26 Å². The second-order valence-corrected chi connectivity index (χ2v) is 6.67. The summed E-state index contributed by atoms with van der Waals surface area (Å²) in [5.41, 5.74) is 2.12.